The minimum absolute atomic E-state index is 0.0622. The van der Waals surface area contributed by atoms with E-state index in [0.717, 1.165) is 0 Å². The van der Waals surface area contributed by atoms with E-state index in [-0.39, 0.29) is 30.7 Å². The van der Waals surface area contributed by atoms with E-state index in [9.17, 15) is 14.0 Å². The molecule has 164 valence electrons. The molecule has 7 nitrogen and oxygen atoms in total. The number of hydrogen-bond acceptors (Lipinski definition) is 5. The van der Waals surface area contributed by atoms with Gasteiger partial charge in [-0.2, -0.15) is 0 Å². The maximum atomic E-state index is 14.2. The Labute approximate surface area is 184 Å². The number of methoxy groups -OCH3 is 1. The summed E-state index contributed by atoms with van der Waals surface area (Å²) in [5.74, 6) is -0.0181. The molecule has 3 rings (SSSR count). The van der Waals surface area contributed by atoms with Gasteiger partial charge in [0.25, 0.3) is 5.91 Å². The normalized spacial score (nSPS) is 10.6. The fourth-order valence-corrected chi connectivity index (χ4v) is 2.67. The molecule has 1 heterocycles. The summed E-state index contributed by atoms with van der Waals surface area (Å²) in [6.45, 7) is 0.511. The van der Waals surface area contributed by atoms with Gasteiger partial charge in [0.2, 0.25) is 5.91 Å². The zero-order chi connectivity index (χ0) is 22.8. The Morgan fingerprint density at radius 2 is 1.81 bits per heavy atom. The van der Waals surface area contributed by atoms with Gasteiger partial charge in [-0.1, -0.05) is 6.07 Å². The largest absolute Gasteiger partial charge is 0.497 e. The predicted molar refractivity (Wildman–Crippen MR) is 118 cm³/mol. The van der Waals surface area contributed by atoms with E-state index in [1.807, 2.05) is 0 Å². The Kier molecular flexibility index (Phi) is 7.91. The second-order valence-corrected chi connectivity index (χ2v) is 6.59. The van der Waals surface area contributed by atoms with Gasteiger partial charge in [0.15, 0.2) is 11.6 Å². The lowest BCUT2D eigenvalue weighted by Gasteiger charge is -2.07. The molecule has 3 aromatic rings. The lowest BCUT2D eigenvalue weighted by atomic mass is 10.2. The third-order valence-corrected chi connectivity index (χ3v) is 4.31. The highest BCUT2D eigenvalue weighted by Gasteiger charge is 2.07. The third-order valence-electron chi connectivity index (χ3n) is 4.31. The molecular weight excluding hydrogens is 413 g/mol. The highest BCUT2D eigenvalue weighted by Crippen LogP contribution is 2.24. The standard InChI is InChI=1S/C24H22FN3O4/c1-31-19-8-6-18(7-9-19)24(30)28-14-13-27-23(29)11-5-17-4-10-22(21(25)15-17)32-20-3-2-12-26-16-20/h2-12,15-16H,13-14H2,1H3,(H,27,29)(H,28,30)/b11-5+. The van der Waals surface area contributed by atoms with Gasteiger partial charge >= 0.3 is 0 Å². The molecule has 0 saturated carbocycles. The van der Waals surface area contributed by atoms with Crippen molar-refractivity contribution in [3.8, 4) is 17.2 Å². The number of amides is 2. The van der Waals surface area contributed by atoms with Crippen molar-refractivity contribution in [2.45, 2.75) is 0 Å². The second-order valence-electron chi connectivity index (χ2n) is 6.59. The number of rotatable bonds is 9. The van der Waals surface area contributed by atoms with E-state index in [1.165, 1.54) is 30.5 Å². The maximum Gasteiger partial charge on any atom is 0.251 e. The molecule has 32 heavy (non-hydrogen) atoms. The molecule has 0 fully saturated rings. The van der Waals surface area contributed by atoms with Crippen molar-refractivity contribution in [1.82, 2.24) is 15.6 Å². The van der Waals surface area contributed by atoms with E-state index < -0.39 is 5.82 Å². The molecule has 0 aliphatic rings. The number of hydrogen-bond donors (Lipinski definition) is 2. The summed E-state index contributed by atoms with van der Waals surface area (Å²) in [5.41, 5.74) is 0.999. The first-order valence-corrected chi connectivity index (χ1v) is 9.81. The number of carbonyl (C=O) groups is 2. The SMILES string of the molecule is COc1ccc(C(=O)NCCNC(=O)/C=C/c2ccc(Oc3cccnc3)c(F)c2)cc1. The van der Waals surface area contributed by atoms with Gasteiger partial charge in [0.1, 0.15) is 11.5 Å². The van der Waals surface area contributed by atoms with Crippen LogP contribution in [-0.4, -0.2) is 37.0 Å². The molecule has 0 aliphatic heterocycles. The Morgan fingerprint density at radius 1 is 1.03 bits per heavy atom. The molecule has 2 aromatic carbocycles. The molecule has 0 spiro atoms. The first kappa shape index (κ1) is 22.5. The van der Waals surface area contributed by atoms with Gasteiger partial charge < -0.3 is 20.1 Å². The van der Waals surface area contributed by atoms with Crippen LogP contribution in [0.15, 0.2) is 73.1 Å². The van der Waals surface area contributed by atoms with Gasteiger partial charge in [-0.05, 0) is 60.2 Å². The van der Waals surface area contributed by atoms with Crippen LogP contribution in [0.25, 0.3) is 6.08 Å². The minimum atomic E-state index is -0.558. The number of aromatic nitrogens is 1. The summed E-state index contributed by atoms with van der Waals surface area (Å²) in [4.78, 5) is 27.9. The number of benzene rings is 2. The highest BCUT2D eigenvalue weighted by molar-refractivity contribution is 5.94. The molecular formula is C24H22FN3O4. The Bertz CT molecular complexity index is 1090. The monoisotopic (exact) mass is 435 g/mol. The molecule has 0 radical (unpaired) electrons. The summed E-state index contributed by atoms with van der Waals surface area (Å²) >= 11 is 0. The van der Waals surface area contributed by atoms with Crippen LogP contribution in [0.1, 0.15) is 15.9 Å². The Morgan fingerprint density at radius 3 is 2.50 bits per heavy atom. The molecule has 0 bridgehead atoms. The van der Waals surface area contributed by atoms with Crippen LogP contribution in [0.5, 0.6) is 17.2 Å². The van der Waals surface area contributed by atoms with E-state index >= 15 is 0 Å². The zero-order valence-corrected chi connectivity index (χ0v) is 17.4. The predicted octanol–water partition coefficient (Wildman–Crippen LogP) is 3.58. The number of pyridine rings is 1. The van der Waals surface area contributed by atoms with E-state index in [0.29, 0.717) is 22.6 Å². The van der Waals surface area contributed by atoms with Gasteiger partial charge in [0.05, 0.1) is 13.3 Å². The summed E-state index contributed by atoms with van der Waals surface area (Å²) in [6, 6.07) is 14.4. The molecule has 0 aliphatic carbocycles. The van der Waals surface area contributed by atoms with Crippen molar-refractivity contribution in [1.29, 1.82) is 0 Å². The van der Waals surface area contributed by atoms with Gasteiger partial charge in [-0.3, -0.25) is 14.6 Å². The van der Waals surface area contributed by atoms with E-state index in [4.69, 9.17) is 9.47 Å². The van der Waals surface area contributed by atoms with Crippen molar-refractivity contribution in [2.75, 3.05) is 20.2 Å². The average molecular weight is 435 g/mol. The number of halogens is 1. The smallest absolute Gasteiger partial charge is 0.251 e. The van der Waals surface area contributed by atoms with Crippen LogP contribution in [0.4, 0.5) is 4.39 Å². The Balaban J connectivity index is 1.42. The number of carbonyl (C=O) groups excluding carboxylic acids is 2. The van der Waals surface area contributed by atoms with Crippen molar-refractivity contribution < 1.29 is 23.5 Å². The van der Waals surface area contributed by atoms with Crippen molar-refractivity contribution in [3.05, 3.63) is 90.0 Å². The molecule has 1 aromatic heterocycles. The summed E-state index contributed by atoms with van der Waals surface area (Å²) in [5, 5.41) is 5.36. The van der Waals surface area contributed by atoms with E-state index in [2.05, 4.69) is 15.6 Å². The van der Waals surface area contributed by atoms with Gasteiger partial charge in [-0.15, -0.1) is 0 Å². The molecule has 0 atom stereocenters. The van der Waals surface area contributed by atoms with Crippen LogP contribution in [0.2, 0.25) is 0 Å². The van der Waals surface area contributed by atoms with Crippen LogP contribution >= 0.6 is 0 Å². The minimum Gasteiger partial charge on any atom is -0.497 e. The van der Waals surface area contributed by atoms with Crippen molar-refractivity contribution >= 4 is 17.9 Å². The molecule has 2 N–H and O–H groups in total. The fourth-order valence-electron chi connectivity index (χ4n) is 2.67. The quantitative estimate of drug-likeness (QED) is 0.396. The lowest BCUT2D eigenvalue weighted by Crippen LogP contribution is -2.33. The molecule has 0 saturated heterocycles. The molecule has 2 amide bonds. The maximum absolute atomic E-state index is 14.2. The molecule has 0 unspecified atom stereocenters. The van der Waals surface area contributed by atoms with Gasteiger partial charge in [0, 0.05) is 30.9 Å². The van der Waals surface area contributed by atoms with E-state index in [1.54, 1.807) is 55.8 Å². The van der Waals surface area contributed by atoms with Crippen LogP contribution in [-0.2, 0) is 4.79 Å². The Hall–Kier alpha value is -4.20. The topological polar surface area (TPSA) is 89.6 Å². The zero-order valence-electron chi connectivity index (χ0n) is 17.4. The fraction of sp³-hybridized carbons (Fsp3) is 0.125. The first-order valence-electron chi connectivity index (χ1n) is 9.81. The van der Waals surface area contributed by atoms with Gasteiger partial charge in [-0.25, -0.2) is 4.39 Å². The van der Waals surface area contributed by atoms with Crippen LogP contribution in [0, 0.1) is 5.82 Å². The number of ether oxygens (including phenoxy) is 2. The highest BCUT2D eigenvalue weighted by atomic mass is 19.1. The summed E-state index contributed by atoms with van der Waals surface area (Å²) in [6.07, 6.45) is 5.86. The van der Waals surface area contributed by atoms with Crippen molar-refractivity contribution in [3.63, 3.8) is 0 Å². The first-order chi connectivity index (χ1) is 15.5. The summed E-state index contributed by atoms with van der Waals surface area (Å²) in [7, 11) is 1.55. The molecule has 8 heteroatoms. The summed E-state index contributed by atoms with van der Waals surface area (Å²) < 4.78 is 24.7. The number of nitrogens with zero attached hydrogens (tertiary/aromatic N) is 1. The second kappa shape index (κ2) is 11.3. The number of nitrogens with one attached hydrogen (secondary N) is 2. The van der Waals surface area contributed by atoms with Crippen LogP contribution < -0.4 is 20.1 Å². The lowest BCUT2D eigenvalue weighted by molar-refractivity contribution is -0.116. The third kappa shape index (κ3) is 6.66. The van der Waals surface area contributed by atoms with Crippen LogP contribution in [0.3, 0.4) is 0 Å². The van der Waals surface area contributed by atoms with Crippen molar-refractivity contribution in [2.24, 2.45) is 0 Å². The average Bonchev–Trinajstić information content (AvgIpc) is 2.82.